The highest BCUT2D eigenvalue weighted by Gasteiger charge is 2.18. The maximum atomic E-state index is 12.7. The Morgan fingerprint density at radius 1 is 0.410 bits per heavy atom. The molecule has 0 amide bonds. The highest BCUT2D eigenvalue weighted by molar-refractivity contribution is 5.83. The number of hydrogen-bond acceptors (Lipinski definition) is 9. The van der Waals surface area contributed by atoms with Gasteiger partial charge in [-0.05, 0) is 54.6 Å². The molecule has 7 aromatic rings. The molecule has 0 fully saturated rings. The summed E-state index contributed by atoms with van der Waals surface area (Å²) in [5, 5.41) is 1.01. The van der Waals surface area contributed by atoms with E-state index in [1.165, 1.54) is 0 Å². The molecule has 9 heteroatoms. The van der Waals surface area contributed by atoms with Gasteiger partial charge in [0, 0.05) is 16.7 Å². The molecule has 0 unspecified atom stereocenters. The average Bonchev–Trinajstić information content (AvgIpc) is 2.97. The SMILES string of the molecule is O=c1oc(-c2cc(-c3nc4ccccc4c(=O)o3)cc(-c3nc4ccccc4c(=O)o3)c2)nc2ccccc12. The van der Waals surface area contributed by atoms with Crippen LogP contribution < -0.4 is 16.9 Å². The van der Waals surface area contributed by atoms with Crippen molar-refractivity contribution in [2.45, 2.75) is 0 Å². The van der Waals surface area contributed by atoms with Gasteiger partial charge in [0.15, 0.2) is 0 Å². The molecule has 0 radical (unpaired) electrons. The Labute approximate surface area is 217 Å². The summed E-state index contributed by atoms with van der Waals surface area (Å²) in [5.41, 5.74) is 0.737. The third kappa shape index (κ3) is 3.89. The van der Waals surface area contributed by atoms with Gasteiger partial charge in [0.05, 0.1) is 32.7 Å². The predicted octanol–water partition coefficient (Wildman–Crippen LogP) is 5.19. The Morgan fingerprint density at radius 2 is 0.692 bits per heavy atom. The molecule has 0 bridgehead atoms. The van der Waals surface area contributed by atoms with Crippen LogP contribution in [0.2, 0.25) is 0 Å². The Kier molecular flexibility index (Phi) is 5.02. The van der Waals surface area contributed by atoms with E-state index in [0.717, 1.165) is 0 Å². The second-order valence-corrected chi connectivity index (χ2v) is 8.77. The van der Waals surface area contributed by atoms with Crippen LogP contribution in [0, 0.1) is 0 Å². The zero-order valence-electron chi connectivity index (χ0n) is 20.0. The summed E-state index contributed by atoms with van der Waals surface area (Å²) in [5.74, 6) is 0.0641. The Hall–Kier alpha value is -5.70. The van der Waals surface area contributed by atoms with Crippen LogP contribution in [0.3, 0.4) is 0 Å². The monoisotopic (exact) mass is 513 g/mol. The predicted molar refractivity (Wildman–Crippen MR) is 144 cm³/mol. The molecule has 3 heterocycles. The first-order chi connectivity index (χ1) is 19.0. The van der Waals surface area contributed by atoms with E-state index < -0.39 is 16.9 Å². The van der Waals surface area contributed by atoms with E-state index in [-0.39, 0.29) is 17.7 Å². The van der Waals surface area contributed by atoms with Crippen molar-refractivity contribution in [3.8, 4) is 34.4 Å². The molecule has 9 nitrogen and oxygen atoms in total. The summed E-state index contributed by atoms with van der Waals surface area (Å²) in [6.45, 7) is 0. The molecule has 0 N–H and O–H groups in total. The number of nitrogens with zero attached hydrogens (tertiary/aromatic N) is 3. The molecule has 0 atom stereocenters. The van der Waals surface area contributed by atoms with Gasteiger partial charge in [0.2, 0.25) is 17.7 Å². The second-order valence-electron chi connectivity index (χ2n) is 8.77. The Morgan fingerprint density at radius 3 is 1.00 bits per heavy atom. The normalized spacial score (nSPS) is 11.4. The lowest BCUT2D eigenvalue weighted by molar-refractivity contribution is 0.514. The van der Waals surface area contributed by atoms with Crippen molar-refractivity contribution in [1.29, 1.82) is 0 Å². The van der Waals surface area contributed by atoms with Gasteiger partial charge in [-0.15, -0.1) is 0 Å². The van der Waals surface area contributed by atoms with E-state index in [2.05, 4.69) is 15.0 Å². The third-order valence-electron chi connectivity index (χ3n) is 6.28. The summed E-state index contributed by atoms with van der Waals surface area (Å²) in [4.78, 5) is 51.7. The van der Waals surface area contributed by atoms with Gasteiger partial charge in [-0.25, -0.2) is 29.3 Å². The van der Waals surface area contributed by atoms with E-state index in [4.69, 9.17) is 13.3 Å². The maximum absolute atomic E-state index is 12.7. The summed E-state index contributed by atoms with van der Waals surface area (Å²) in [6, 6.07) is 25.3. The summed E-state index contributed by atoms with van der Waals surface area (Å²) >= 11 is 0. The lowest BCUT2D eigenvalue weighted by Crippen LogP contribution is -2.05. The minimum Gasteiger partial charge on any atom is -0.403 e. The molecule has 0 saturated carbocycles. The molecular formula is C30H15N3O6. The summed E-state index contributed by atoms with van der Waals surface area (Å²) < 4.78 is 16.7. The quantitative estimate of drug-likeness (QED) is 0.313. The van der Waals surface area contributed by atoms with Crippen molar-refractivity contribution in [2.75, 3.05) is 0 Å². The fourth-order valence-corrected chi connectivity index (χ4v) is 4.42. The van der Waals surface area contributed by atoms with Gasteiger partial charge in [-0.3, -0.25) is 0 Å². The van der Waals surface area contributed by atoms with Crippen molar-refractivity contribution < 1.29 is 13.3 Å². The van der Waals surface area contributed by atoms with Crippen molar-refractivity contribution in [2.24, 2.45) is 0 Å². The minimum absolute atomic E-state index is 0.0214. The first kappa shape index (κ1) is 22.5. The molecule has 3 aromatic heterocycles. The van der Waals surface area contributed by atoms with E-state index in [1.54, 1.807) is 91.0 Å². The van der Waals surface area contributed by atoms with Crippen molar-refractivity contribution >= 4 is 32.7 Å². The average molecular weight is 513 g/mol. The summed E-state index contributed by atoms with van der Waals surface area (Å²) in [7, 11) is 0. The first-order valence-electron chi connectivity index (χ1n) is 11.9. The van der Waals surface area contributed by atoms with Crippen LogP contribution in [0.4, 0.5) is 0 Å². The fraction of sp³-hybridized carbons (Fsp3) is 0. The maximum Gasteiger partial charge on any atom is 0.347 e. The van der Waals surface area contributed by atoms with Gasteiger partial charge in [-0.1, -0.05) is 36.4 Å². The van der Waals surface area contributed by atoms with Crippen LogP contribution in [-0.2, 0) is 0 Å². The highest BCUT2D eigenvalue weighted by atomic mass is 16.4. The smallest absolute Gasteiger partial charge is 0.347 e. The van der Waals surface area contributed by atoms with E-state index in [9.17, 15) is 14.4 Å². The lowest BCUT2D eigenvalue weighted by Gasteiger charge is -2.09. The lowest BCUT2D eigenvalue weighted by atomic mass is 10.0. The topological polar surface area (TPSA) is 129 Å². The molecule has 4 aromatic carbocycles. The van der Waals surface area contributed by atoms with Crippen LogP contribution in [0.25, 0.3) is 67.1 Å². The Bertz CT molecular complexity index is 2000. The second kappa shape index (κ2) is 8.70. The van der Waals surface area contributed by atoms with Gasteiger partial charge >= 0.3 is 16.9 Å². The van der Waals surface area contributed by atoms with Crippen LogP contribution >= 0.6 is 0 Å². The number of para-hydroxylation sites is 3. The molecule has 0 spiro atoms. The van der Waals surface area contributed by atoms with Gasteiger partial charge in [0.25, 0.3) is 0 Å². The summed E-state index contributed by atoms with van der Waals surface area (Å²) in [6.07, 6.45) is 0. The minimum atomic E-state index is -0.562. The zero-order valence-corrected chi connectivity index (χ0v) is 20.0. The Balaban J connectivity index is 1.51. The van der Waals surface area contributed by atoms with E-state index in [1.807, 2.05) is 0 Å². The van der Waals surface area contributed by atoms with Crippen LogP contribution in [0.5, 0.6) is 0 Å². The number of aromatic nitrogens is 3. The van der Waals surface area contributed by atoms with E-state index in [0.29, 0.717) is 49.4 Å². The number of benzene rings is 4. The van der Waals surface area contributed by atoms with Crippen molar-refractivity contribution in [3.63, 3.8) is 0 Å². The standard InChI is InChI=1S/C30H15N3O6/c34-28-19-7-1-4-10-22(19)31-25(37-28)16-13-17(26-32-23-11-5-2-8-20(23)29(35)38-26)15-18(14-16)27-33-24-12-6-3-9-21(24)30(36)39-27/h1-15H. The van der Waals surface area contributed by atoms with Crippen molar-refractivity contribution in [1.82, 2.24) is 15.0 Å². The molecule has 0 aliphatic carbocycles. The zero-order chi connectivity index (χ0) is 26.5. The van der Waals surface area contributed by atoms with E-state index >= 15 is 0 Å². The van der Waals surface area contributed by atoms with Gasteiger partial charge < -0.3 is 13.3 Å². The molecule has 186 valence electrons. The first-order valence-corrected chi connectivity index (χ1v) is 11.9. The molecule has 0 aliphatic heterocycles. The highest BCUT2D eigenvalue weighted by Crippen LogP contribution is 2.31. The van der Waals surface area contributed by atoms with Crippen LogP contribution in [0.1, 0.15) is 0 Å². The van der Waals surface area contributed by atoms with Gasteiger partial charge in [-0.2, -0.15) is 0 Å². The molecule has 7 rings (SSSR count). The number of fused-ring (bicyclic) bond motifs is 3. The number of hydrogen-bond donors (Lipinski definition) is 0. The molecule has 39 heavy (non-hydrogen) atoms. The molecule has 0 aliphatic rings. The molecular weight excluding hydrogens is 498 g/mol. The largest absolute Gasteiger partial charge is 0.403 e. The van der Waals surface area contributed by atoms with Crippen LogP contribution in [0.15, 0.2) is 119 Å². The van der Waals surface area contributed by atoms with Crippen LogP contribution in [-0.4, -0.2) is 15.0 Å². The van der Waals surface area contributed by atoms with Crippen molar-refractivity contribution in [3.05, 3.63) is 122 Å². The fourth-order valence-electron chi connectivity index (χ4n) is 4.42. The molecule has 0 saturated heterocycles. The number of rotatable bonds is 3. The van der Waals surface area contributed by atoms with Gasteiger partial charge in [0.1, 0.15) is 0 Å². The third-order valence-corrected chi connectivity index (χ3v) is 6.28.